The Morgan fingerprint density at radius 1 is 1.08 bits per heavy atom. The Labute approximate surface area is 225 Å². The summed E-state index contributed by atoms with van der Waals surface area (Å²) < 4.78 is 11.9. The number of hydrogen-bond donors (Lipinski definition) is 2. The quantitative estimate of drug-likeness (QED) is 0.440. The minimum Gasteiger partial charge on any atom is -0.443 e. The van der Waals surface area contributed by atoms with Gasteiger partial charge in [0.05, 0.1) is 20.5 Å². The number of fused-ring (bicyclic) bond motifs is 1. The molecule has 3 rings (SSSR count). The van der Waals surface area contributed by atoms with Crippen molar-refractivity contribution in [3.05, 3.63) is 27.1 Å². The van der Waals surface area contributed by atoms with Gasteiger partial charge in [-0.2, -0.15) is 0 Å². The Kier molecular flexibility index (Phi) is 7.73. The molecule has 1 aliphatic heterocycles. The highest BCUT2D eigenvalue weighted by Crippen LogP contribution is 2.33. The maximum absolute atomic E-state index is 13.3. The second-order valence-electron chi connectivity index (χ2n) is 11.6. The third kappa shape index (κ3) is 6.74. The van der Waals surface area contributed by atoms with Crippen LogP contribution in [0.1, 0.15) is 77.9 Å². The van der Waals surface area contributed by atoms with E-state index in [4.69, 9.17) is 9.47 Å². The van der Waals surface area contributed by atoms with Gasteiger partial charge in [-0.25, -0.2) is 19.6 Å². The van der Waals surface area contributed by atoms with E-state index >= 15 is 0 Å². The van der Waals surface area contributed by atoms with Crippen LogP contribution in [0.3, 0.4) is 0 Å². The number of carbonyl (C=O) groups excluding carboxylic acids is 3. The minimum absolute atomic E-state index is 0.118. The lowest BCUT2D eigenvalue weighted by Gasteiger charge is -2.33. The van der Waals surface area contributed by atoms with Gasteiger partial charge in [-0.05, 0) is 75.1 Å². The summed E-state index contributed by atoms with van der Waals surface area (Å²) in [5.41, 5.74) is 0.556. The number of ether oxygens (including phenoxy) is 2. The van der Waals surface area contributed by atoms with Crippen molar-refractivity contribution in [1.82, 2.24) is 20.3 Å². The number of aromatic nitrogens is 3. The van der Waals surface area contributed by atoms with Crippen molar-refractivity contribution in [2.45, 2.75) is 79.4 Å². The van der Waals surface area contributed by atoms with E-state index in [1.807, 2.05) is 20.8 Å². The number of hydrogen-bond acceptors (Lipinski definition) is 7. The van der Waals surface area contributed by atoms with E-state index < -0.39 is 23.4 Å². The molecule has 2 aromatic rings. The number of rotatable bonds is 4. The Morgan fingerprint density at radius 3 is 2.31 bits per heavy atom. The first kappa shape index (κ1) is 27.9. The summed E-state index contributed by atoms with van der Waals surface area (Å²) in [4.78, 5) is 51.5. The summed E-state index contributed by atoms with van der Waals surface area (Å²) in [6, 6.07) is 1.64. The molecular weight excluding hydrogens is 577 g/mol. The number of H-pyrrole nitrogens is 1. The van der Waals surface area contributed by atoms with Gasteiger partial charge < -0.3 is 19.8 Å². The number of aromatic amines is 1. The maximum Gasteiger partial charge on any atom is 0.427 e. The molecular formula is C25H34IN5O5. The molecule has 0 atom stereocenters. The predicted octanol–water partition coefficient (Wildman–Crippen LogP) is 5.46. The fraction of sp³-hybridized carbons (Fsp3) is 0.560. The first-order chi connectivity index (χ1) is 16.5. The highest BCUT2D eigenvalue weighted by molar-refractivity contribution is 14.1. The van der Waals surface area contributed by atoms with Gasteiger partial charge in [-0.3, -0.25) is 4.79 Å². The van der Waals surface area contributed by atoms with E-state index in [0.29, 0.717) is 44.8 Å². The molecule has 3 amide bonds. The zero-order valence-electron chi connectivity index (χ0n) is 22.0. The van der Waals surface area contributed by atoms with Gasteiger partial charge in [0.15, 0.2) is 0 Å². The summed E-state index contributed by atoms with van der Waals surface area (Å²) >= 11 is 2.09. The van der Waals surface area contributed by atoms with Crippen LogP contribution in [0.4, 0.5) is 15.5 Å². The van der Waals surface area contributed by atoms with Crippen LogP contribution in [-0.4, -0.2) is 50.8 Å². The van der Waals surface area contributed by atoms with E-state index in [0.717, 1.165) is 5.69 Å². The molecule has 0 saturated heterocycles. The molecule has 196 valence electrons. The average molecular weight is 611 g/mol. The summed E-state index contributed by atoms with van der Waals surface area (Å²) in [5, 5.41) is 2.84. The molecule has 2 N–H and O–H groups in total. The molecule has 10 nitrogen and oxygen atoms in total. The molecule has 0 spiro atoms. The zero-order chi connectivity index (χ0) is 27.1. The molecule has 0 radical (unpaired) electrons. The van der Waals surface area contributed by atoms with Crippen LogP contribution in [0, 0.1) is 8.99 Å². The topological polar surface area (TPSA) is 127 Å². The van der Waals surface area contributed by atoms with Crippen molar-refractivity contribution < 1.29 is 23.9 Å². The molecule has 36 heavy (non-hydrogen) atoms. The number of nitrogens with one attached hydrogen (secondary N) is 2. The summed E-state index contributed by atoms with van der Waals surface area (Å²) in [5.74, 6) is -0.344. The number of carbonyl (C=O) groups is 3. The Balaban J connectivity index is 2.02. The fourth-order valence-electron chi connectivity index (χ4n) is 4.25. The van der Waals surface area contributed by atoms with E-state index in [1.54, 1.807) is 40.7 Å². The van der Waals surface area contributed by atoms with Gasteiger partial charge >= 0.3 is 12.2 Å². The van der Waals surface area contributed by atoms with Crippen LogP contribution in [-0.2, 0) is 15.9 Å². The summed E-state index contributed by atoms with van der Waals surface area (Å²) in [6.07, 6.45) is 0.780. The zero-order valence-corrected chi connectivity index (χ0v) is 24.2. The smallest absolute Gasteiger partial charge is 0.427 e. The van der Waals surface area contributed by atoms with Gasteiger partial charge in [0.1, 0.15) is 11.2 Å². The minimum atomic E-state index is -0.948. The number of nitrogens with zero attached hydrogens (tertiary/aromatic N) is 3. The van der Waals surface area contributed by atoms with Crippen LogP contribution in [0.2, 0.25) is 0 Å². The van der Waals surface area contributed by atoms with Gasteiger partial charge in [-0.1, -0.05) is 20.8 Å². The SMILES string of the molecule is CC(C)(C)CC(C)(C)OC(=O)N(C(=O)OC(C)(C)C)c1nccc(-c2[nH]c3c(c2I)C(=O)NCC3)n1. The third-order valence-electron chi connectivity index (χ3n) is 5.08. The molecule has 0 unspecified atom stereocenters. The van der Waals surface area contributed by atoms with Crippen molar-refractivity contribution in [2.75, 3.05) is 11.4 Å². The van der Waals surface area contributed by atoms with E-state index in [1.165, 1.54) is 6.20 Å². The van der Waals surface area contributed by atoms with Gasteiger partial charge in [0, 0.05) is 24.9 Å². The van der Waals surface area contributed by atoms with Crippen LogP contribution < -0.4 is 10.2 Å². The molecule has 0 bridgehead atoms. The summed E-state index contributed by atoms with van der Waals surface area (Å²) in [6.45, 7) is 15.3. The van der Waals surface area contributed by atoms with Crippen LogP contribution in [0.25, 0.3) is 11.4 Å². The average Bonchev–Trinajstić information content (AvgIpc) is 3.02. The van der Waals surface area contributed by atoms with Crippen LogP contribution >= 0.6 is 22.6 Å². The third-order valence-corrected chi connectivity index (χ3v) is 6.16. The molecule has 1 aliphatic rings. The van der Waals surface area contributed by atoms with Crippen LogP contribution in [0.15, 0.2) is 12.3 Å². The first-order valence-corrected chi connectivity index (χ1v) is 12.8. The number of amides is 3. The normalized spacial score (nSPS) is 14.1. The molecule has 3 heterocycles. The fourth-order valence-corrected chi connectivity index (χ4v) is 5.23. The van der Waals surface area contributed by atoms with Crippen molar-refractivity contribution in [2.24, 2.45) is 5.41 Å². The Bertz CT molecular complexity index is 1180. The first-order valence-electron chi connectivity index (χ1n) is 11.8. The molecule has 0 aromatic carbocycles. The summed E-state index contributed by atoms with van der Waals surface area (Å²) in [7, 11) is 0. The lowest BCUT2D eigenvalue weighted by Crippen LogP contribution is -2.46. The number of imide groups is 1. The molecule has 0 saturated carbocycles. The predicted molar refractivity (Wildman–Crippen MR) is 144 cm³/mol. The van der Waals surface area contributed by atoms with Crippen molar-refractivity contribution in [3.63, 3.8) is 0 Å². The van der Waals surface area contributed by atoms with Gasteiger partial charge in [0.25, 0.3) is 5.91 Å². The lowest BCUT2D eigenvalue weighted by molar-refractivity contribution is 0.0111. The molecule has 0 aliphatic carbocycles. The van der Waals surface area contributed by atoms with E-state index in [9.17, 15) is 14.4 Å². The monoisotopic (exact) mass is 611 g/mol. The number of halogens is 1. The van der Waals surface area contributed by atoms with Crippen LogP contribution in [0.5, 0.6) is 0 Å². The molecule has 11 heteroatoms. The lowest BCUT2D eigenvalue weighted by atomic mass is 9.84. The van der Waals surface area contributed by atoms with Crippen molar-refractivity contribution >= 4 is 46.6 Å². The van der Waals surface area contributed by atoms with Gasteiger partial charge in [0.2, 0.25) is 5.95 Å². The Hall–Kier alpha value is -2.70. The van der Waals surface area contributed by atoms with Crippen molar-refractivity contribution in [3.8, 4) is 11.4 Å². The largest absolute Gasteiger partial charge is 0.443 e. The number of anilines is 1. The van der Waals surface area contributed by atoms with Gasteiger partial charge in [-0.15, -0.1) is 4.90 Å². The second kappa shape index (κ2) is 9.98. The second-order valence-corrected chi connectivity index (χ2v) is 12.7. The molecule has 0 fully saturated rings. The van der Waals surface area contributed by atoms with E-state index in [2.05, 4.69) is 42.9 Å². The van der Waals surface area contributed by atoms with Crippen molar-refractivity contribution in [1.29, 1.82) is 0 Å². The molecule has 2 aromatic heterocycles. The van der Waals surface area contributed by atoms with E-state index in [-0.39, 0.29) is 17.3 Å². The maximum atomic E-state index is 13.3. The highest BCUT2D eigenvalue weighted by atomic mass is 127. The standard InChI is InChI=1S/C25H34IN5O5/c1-23(2,3)13-25(7,8)36-22(34)31(21(33)35-24(4,5)6)20-28-12-10-15(30-20)18-17(26)16-14(29-18)9-11-27-19(16)32/h10,12,29H,9,11,13H2,1-8H3,(H,27,32). The Morgan fingerprint density at radius 2 is 1.72 bits per heavy atom. The highest BCUT2D eigenvalue weighted by Gasteiger charge is 2.37.